The van der Waals surface area contributed by atoms with Gasteiger partial charge in [-0.25, -0.2) is 4.98 Å². The van der Waals surface area contributed by atoms with E-state index in [0.29, 0.717) is 35.8 Å². The Labute approximate surface area is 194 Å². The van der Waals surface area contributed by atoms with Crippen molar-refractivity contribution >= 4 is 23.3 Å². The van der Waals surface area contributed by atoms with E-state index in [0.717, 1.165) is 31.6 Å². The highest BCUT2D eigenvalue weighted by Crippen LogP contribution is 2.35. The molecule has 8 heteroatoms. The van der Waals surface area contributed by atoms with Crippen LogP contribution in [0.1, 0.15) is 55.2 Å². The van der Waals surface area contributed by atoms with Crippen molar-refractivity contribution in [1.29, 1.82) is 0 Å². The SMILES string of the molecule is C/N=c1/cc(N2CCOc3cc(C(=O)N4CCCCC4)cnc32)ccn1C(=O)C(C)C(C)C. The highest BCUT2D eigenvalue weighted by Gasteiger charge is 2.26. The quantitative estimate of drug-likeness (QED) is 0.711. The number of carbonyl (C=O) groups is 2. The number of rotatable bonds is 4. The molecule has 1 fully saturated rings. The number of hydrogen-bond acceptors (Lipinski definition) is 6. The number of anilines is 2. The van der Waals surface area contributed by atoms with Crippen molar-refractivity contribution < 1.29 is 14.3 Å². The Bertz CT molecular complexity index is 1100. The number of fused-ring (bicyclic) bond motifs is 1. The number of hydrogen-bond donors (Lipinski definition) is 0. The first-order valence-corrected chi connectivity index (χ1v) is 11.8. The minimum atomic E-state index is -0.108. The molecule has 0 aromatic carbocycles. The predicted octanol–water partition coefficient (Wildman–Crippen LogP) is 3.50. The molecular formula is C25H33N5O3. The number of piperidine rings is 1. The van der Waals surface area contributed by atoms with Crippen molar-refractivity contribution in [2.75, 3.05) is 38.2 Å². The molecule has 0 radical (unpaired) electrons. The van der Waals surface area contributed by atoms with Gasteiger partial charge in [0, 0.05) is 50.2 Å². The van der Waals surface area contributed by atoms with Gasteiger partial charge in [0.05, 0.1) is 12.1 Å². The summed E-state index contributed by atoms with van der Waals surface area (Å²) in [5.41, 5.74) is 2.03. The van der Waals surface area contributed by atoms with E-state index in [4.69, 9.17) is 4.74 Å². The third-order valence-corrected chi connectivity index (χ3v) is 6.64. The molecule has 2 aromatic heterocycles. The maximum Gasteiger partial charge on any atom is 0.255 e. The fourth-order valence-corrected chi connectivity index (χ4v) is 4.26. The second kappa shape index (κ2) is 9.77. The minimum absolute atomic E-state index is 0.0105. The summed E-state index contributed by atoms with van der Waals surface area (Å²) in [6.07, 6.45) is 6.69. The van der Waals surface area contributed by atoms with Crippen molar-refractivity contribution in [2.45, 2.75) is 40.0 Å². The van der Waals surface area contributed by atoms with Crippen LogP contribution in [-0.4, -0.2) is 59.6 Å². The average Bonchev–Trinajstić information content (AvgIpc) is 2.86. The lowest BCUT2D eigenvalue weighted by Gasteiger charge is -2.31. The summed E-state index contributed by atoms with van der Waals surface area (Å²) in [6, 6.07) is 5.60. The second-order valence-electron chi connectivity index (χ2n) is 9.11. The molecule has 176 valence electrons. The van der Waals surface area contributed by atoms with Crippen LogP contribution in [0.5, 0.6) is 5.75 Å². The summed E-state index contributed by atoms with van der Waals surface area (Å²) in [5.74, 6) is 1.43. The van der Waals surface area contributed by atoms with Gasteiger partial charge >= 0.3 is 0 Å². The highest BCUT2D eigenvalue weighted by atomic mass is 16.5. The number of likely N-dealkylation sites (tertiary alicyclic amines) is 1. The van der Waals surface area contributed by atoms with Gasteiger partial charge in [-0.05, 0) is 37.3 Å². The van der Waals surface area contributed by atoms with Gasteiger partial charge in [-0.15, -0.1) is 0 Å². The number of pyridine rings is 2. The molecule has 1 unspecified atom stereocenters. The molecule has 8 nitrogen and oxygen atoms in total. The number of ether oxygens (including phenoxy) is 1. The normalized spacial score (nSPS) is 17.5. The van der Waals surface area contributed by atoms with E-state index in [9.17, 15) is 9.59 Å². The fraction of sp³-hybridized carbons (Fsp3) is 0.520. The first-order chi connectivity index (χ1) is 15.9. The standard InChI is InChI=1S/C25H33N5O3/c1-17(2)18(3)24(31)30-11-8-20(15-22(30)26-4)29-12-13-33-21-14-19(16-27-23(21)29)25(32)28-9-6-5-7-10-28/h8,11,14-18H,5-7,9-10,12-13H2,1-4H3/b26-22-. The molecule has 1 amide bonds. The Morgan fingerprint density at radius 1 is 1.09 bits per heavy atom. The fourth-order valence-electron chi connectivity index (χ4n) is 4.26. The number of nitrogens with zero attached hydrogens (tertiary/aromatic N) is 5. The van der Waals surface area contributed by atoms with Crippen molar-refractivity contribution in [2.24, 2.45) is 16.8 Å². The van der Waals surface area contributed by atoms with Gasteiger partial charge in [0.1, 0.15) is 12.1 Å². The van der Waals surface area contributed by atoms with Gasteiger partial charge in [-0.1, -0.05) is 20.8 Å². The third-order valence-electron chi connectivity index (χ3n) is 6.64. The Morgan fingerprint density at radius 3 is 2.55 bits per heavy atom. The van der Waals surface area contributed by atoms with Crippen LogP contribution in [0.2, 0.25) is 0 Å². The predicted molar refractivity (Wildman–Crippen MR) is 127 cm³/mol. The van der Waals surface area contributed by atoms with E-state index < -0.39 is 0 Å². The van der Waals surface area contributed by atoms with Gasteiger partial charge < -0.3 is 14.5 Å². The highest BCUT2D eigenvalue weighted by molar-refractivity contribution is 5.95. The summed E-state index contributed by atoms with van der Waals surface area (Å²) in [6.45, 7) is 8.71. The molecule has 0 spiro atoms. The summed E-state index contributed by atoms with van der Waals surface area (Å²) in [5, 5.41) is 0. The molecule has 0 aliphatic carbocycles. The van der Waals surface area contributed by atoms with Crippen molar-refractivity contribution in [3.63, 3.8) is 0 Å². The topological polar surface area (TPSA) is 80.0 Å². The van der Waals surface area contributed by atoms with Crippen LogP contribution in [0.25, 0.3) is 0 Å². The number of amides is 1. The molecule has 33 heavy (non-hydrogen) atoms. The first kappa shape index (κ1) is 23.0. The van der Waals surface area contributed by atoms with Gasteiger partial charge in [-0.2, -0.15) is 0 Å². The van der Waals surface area contributed by atoms with E-state index in [2.05, 4.69) is 9.98 Å². The molecule has 2 aliphatic rings. The molecular weight excluding hydrogens is 418 g/mol. The molecule has 2 aromatic rings. The van der Waals surface area contributed by atoms with Gasteiger partial charge in [-0.3, -0.25) is 19.1 Å². The number of carbonyl (C=O) groups excluding carboxylic acids is 2. The summed E-state index contributed by atoms with van der Waals surface area (Å²) < 4.78 is 7.49. The molecule has 1 saturated heterocycles. The van der Waals surface area contributed by atoms with Gasteiger partial charge in [0.25, 0.3) is 5.91 Å². The lowest BCUT2D eigenvalue weighted by atomic mass is 9.97. The lowest BCUT2D eigenvalue weighted by molar-refractivity contribution is 0.0722. The van der Waals surface area contributed by atoms with E-state index in [1.807, 2.05) is 42.7 Å². The zero-order valence-corrected chi connectivity index (χ0v) is 20.0. The maximum absolute atomic E-state index is 12.9. The van der Waals surface area contributed by atoms with E-state index in [1.54, 1.807) is 30.1 Å². The summed E-state index contributed by atoms with van der Waals surface area (Å²) in [7, 11) is 1.69. The largest absolute Gasteiger partial charge is 0.488 e. The second-order valence-corrected chi connectivity index (χ2v) is 9.11. The van der Waals surface area contributed by atoms with Crippen molar-refractivity contribution in [1.82, 2.24) is 14.5 Å². The van der Waals surface area contributed by atoms with E-state index >= 15 is 0 Å². The summed E-state index contributed by atoms with van der Waals surface area (Å²) >= 11 is 0. The molecule has 4 heterocycles. The lowest BCUT2D eigenvalue weighted by Crippen LogP contribution is -2.36. The van der Waals surface area contributed by atoms with Gasteiger partial charge in [0.15, 0.2) is 11.6 Å². The van der Waals surface area contributed by atoms with Crippen LogP contribution in [0.15, 0.2) is 35.6 Å². The maximum atomic E-state index is 12.9. The van der Waals surface area contributed by atoms with Crippen LogP contribution in [0.3, 0.4) is 0 Å². The van der Waals surface area contributed by atoms with Crippen LogP contribution >= 0.6 is 0 Å². The molecule has 4 rings (SSSR count). The zero-order valence-electron chi connectivity index (χ0n) is 20.0. The Hall–Kier alpha value is -3.16. The van der Waals surface area contributed by atoms with Crippen LogP contribution in [0, 0.1) is 11.8 Å². The van der Waals surface area contributed by atoms with E-state index in [-0.39, 0.29) is 23.7 Å². The smallest absolute Gasteiger partial charge is 0.255 e. The molecule has 0 bridgehead atoms. The van der Waals surface area contributed by atoms with Crippen molar-refractivity contribution in [3.05, 3.63) is 41.6 Å². The zero-order chi connectivity index (χ0) is 23.5. The first-order valence-electron chi connectivity index (χ1n) is 11.8. The molecule has 2 aliphatic heterocycles. The molecule has 0 saturated carbocycles. The number of aromatic nitrogens is 2. The van der Waals surface area contributed by atoms with Crippen LogP contribution in [0.4, 0.5) is 11.5 Å². The summed E-state index contributed by atoms with van der Waals surface area (Å²) in [4.78, 5) is 38.7. The van der Waals surface area contributed by atoms with Crippen LogP contribution < -0.4 is 15.1 Å². The Kier molecular flexibility index (Phi) is 6.81. The Balaban J connectivity index is 1.63. The van der Waals surface area contributed by atoms with Crippen LogP contribution in [-0.2, 0) is 0 Å². The average molecular weight is 452 g/mol. The third kappa shape index (κ3) is 4.65. The van der Waals surface area contributed by atoms with Crippen molar-refractivity contribution in [3.8, 4) is 5.75 Å². The van der Waals surface area contributed by atoms with Gasteiger partial charge in [0.2, 0.25) is 5.91 Å². The molecule has 0 N–H and O–H groups in total. The van der Waals surface area contributed by atoms with E-state index in [1.165, 1.54) is 6.42 Å². The molecule has 1 atom stereocenters. The Morgan fingerprint density at radius 2 is 1.85 bits per heavy atom. The monoisotopic (exact) mass is 451 g/mol. The minimum Gasteiger partial charge on any atom is -0.488 e.